The first-order chi connectivity index (χ1) is 11.9. The molecular weight excluding hydrogens is 392 g/mol. The van der Waals surface area contributed by atoms with E-state index < -0.39 is 4.92 Å². The van der Waals surface area contributed by atoms with Crippen molar-refractivity contribution in [1.82, 2.24) is 0 Å². The van der Waals surface area contributed by atoms with Crippen molar-refractivity contribution in [1.29, 1.82) is 0 Å². The lowest BCUT2D eigenvalue weighted by molar-refractivity contribution is -0.384. The van der Waals surface area contributed by atoms with Crippen molar-refractivity contribution in [2.45, 2.75) is 0 Å². The molecule has 0 spiro atoms. The normalized spacial score (nSPS) is 10.5. The number of anilines is 1. The molecule has 0 unspecified atom stereocenters. The molecule has 0 saturated heterocycles. The SMILES string of the molecule is COc1ccc(/C=C/C(=O)Nc2ccc([N+](=O)[O-])cc2OC)cc1Br. The van der Waals surface area contributed by atoms with Gasteiger partial charge in [-0.15, -0.1) is 0 Å². The van der Waals surface area contributed by atoms with Gasteiger partial charge in [0.25, 0.3) is 5.69 Å². The Morgan fingerprint density at radius 2 is 1.88 bits per heavy atom. The average Bonchev–Trinajstić information content (AvgIpc) is 2.60. The zero-order chi connectivity index (χ0) is 18.4. The number of carbonyl (C=O) groups is 1. The van der Waals surface area contributed by atoms with Crippen LogP contribution in [0.4, 0.5) is 11.4 Å². The summed E-state index contributed by atoms with van der Waals surface area (Å²) in [4.78, 5) is 22.3. The van der Waals surface area contributed by atoms with Crippen LogP contribution in [0.25, 0.3) is 6.08 Å². The van der Waals surface area contributed by atoms with Crippen LogP contribution < -0.4 is 14.8 Å². The summed E-state index contributed by atoms with van der Waals surface area (Å²) in [6.07, 6.45) is 2.99. The smallest absolute Gasteiger partial charge is 0.273 e. The van der Waals surface area contributed by atoms with E-state index in [1.54, 1.807) is 25.3 Å². The van der Waals surface area contributed by atoms with Crippen LogP contribution in [-0.4, -0.2) is 25.1 Å². The highest BCUT2D eigenvalue weighted by Gasteiger charge is 2.12. The largest absolute Gasteiger partial charge is 0.496 e. The minimum atomic E-state index is -0.532. The lowest BCUT2D eigenvalue weighted by Gasteiger charge is -2.08. The van der Waals surface area contributed by atoms with E-state index in [1.807, 2.05) is 6.07 Å². The zero-order valence-corrected chi connectivity index (χ0v) is 15.1. The summed E-state index contributed by atoms with van der Waals surface area (Å²) in [5.74, 6) is 0.513. The van der Waals surface area contributed by atoms with Crippen LogP contribution in [0.2, 0.25) is 0 Å². The Kier molecular flexibility index (Phi) is 6.13. The van der Waals surface area contributed by atoms with E-state index in [1.165, 1.54) is 31.4 Å². The molecule has 130 valence electrons. The van der Waals surface area contributed by atoms with Crippen molar-refractivity contribution in [2.75, 3.05) is 19.5 Å². The molecule has 0 saturated carbocycles. The van der Waals surface area contributed by atoms with E-state index in [4.69, 9.17) is 9.47 Å². The van der Waals surface area contributed by atoms with Gasteiger partial charge in [-0.25, -0.2) is 0 Å². The molecule has 2 rings (SSSR count). The van der Waals surface area contributed by atoms with Gasteiger partial charge in [0.2, 0.25) is 5.91 Å². The van der Waals surface area contributed by atoms with Gasteiger partial charge in [0.05, 0.1) is 35.4 Å². The second-order valence-electron chi connectivity index (χ2n) is 4.86. The fraction of sp³-hybridized carbons (Fsp3) is 0.118. The summed E-state index contributed by atoms with van der Waals surface area (Å²) in [6, 6.07) is 9.37. The van der Waals surface area contributed by atoms with E-state index in [0.29, 0.717) is 11.4 Å². The van der Waals surface area contributed by atoms with Crippen molar-refractivity contribution in [2.24, 2.45) is 0 Å². The number of halogens is 1. The van der Waals surface area contributed by atoms with Gasteiger partial charge in [0, 0.05) is 12.1 Å². The molecule has 0 aliphatic rings. The first-order valence-corrected chi connectivity index (χ1v) is 7.89. The molecule has 25 heavy (non-hydrogen) atoms. The minimum absolute atomic E-state index is 0.117. The van der Waals surface area contributed by atoms with Crippen LogP contribution in [0.1, 0.15) is 5.56 Å². The molecule has 0 atom stereocenters. The number of nitrogens with one attached hydrogen (secondary N) is 1. The first kappa shape index (κ1) is 18.5. The predicted octanol–water partition coefficient (Wildman–Crippen LogP) is 4.03. The molecule has 0 aromatic heterocycles. The number of nitro benzene ring substituents is 1. The summed E-state index contributed by atoms with van der Waals surface area (Å²) < 4.78 is 11.0. The summed E-state index contributed by atoms with van der Waals surface area (Å²) in [6.45, 7) is 0. The number of nitrogens with zero attached hydrogens (tertiary/aromatic N) is 1. The maximum absolute atomic E-state index is 12.1. The Labute approximate surface area is 152 Å². The number of carbonyl (C=O) groups excluding carboxylic acids is 1. The number of nitro groups is 1. The van der Waals surface area contributed by atoms with Gasteiger partial charge in [0.15, 0.2) is 0 Å². The van der Waals surface area contributed by atoms with Crippen LogP contribution in [0.5, 0.6) is 11.5 Å². The van der Waals surface area contributed by atoms with Gasteiger partial charge < -0.3 is 14.8 Å². The molecule has 1 N–H and O–H groups in total. The maximum Gasteiger partial charge on any atom is 0.273 e. The molecule has 0 bridgehead atoms. The Balaban J connectivity index is 2.12. The molecule has 7 nitrogen and oxygen atoms in total. The van der Waals surface area contributed by atoms with Crippen molar-refractivity contribution in [3.8, 4) is 11.5 Å². The van der Waals surface area contributed by atoms with Gasteiger partial charge in [-0.05, 0) is 45.8 Å². The Morgan fingerprint density at radius 1 is 1.16 bits per heavy atom. The second-order valence-corrected chi connectivity index (χ2v) is 5.71. The highest BCUT2D eigenvalue weighted by Crippen LogP contribution is 2.29. The number of non-ortho nitro benzene ring substituents is 1. The van der Waals surface area contributed by atoms with E-state index in [0.717, 1.165) is 10.0 Å². The van der Waals surface area contributed by atoms with Crippen molar-refractivity contribution >= 4 is 39.3 Å². The molecule has 2 aromatic rings. The van der Waals surface area contributed by atoms with Crippen LogP contribution in [0.3, 0.4) is 0 Å². The van der Waals surface area contributed by atoms with E-state index in [9.17, 15) is 14.9 Å². The van der Waals surface area contributed by atoms with E-state index in [-0.39, 0.29) is 17.3 Å². The van der Waals surface area contributed by atoms with Crippen LogP contribution in [-0.2, 0) is 4.79 Å². The summed E-state index contributed by atoms with van der Waals surface area (Å²) in [7, 11) is 2.94. The number of hydrogen-bond donors (Lipinski definition) is 1. The first-order valence-electron chi connectivity index (χ1n) is 7.09. The lowest BCUT2D eigenvalue weighted by Crippen LogP contribution is -2.09. The Hall–Kier alpha value is -2.87. The number of ether oxygens (including phenoxy) is 2. The topological polar surface area (TPSA) is 90.7 Å². The van der Waals surface area contributed by atoms with Gasteiger partial charge in [-0.1, -0.05) is 6.07 Å². The fourth-order valence-electron chi connectivity index (χ4n) is 2.03. The molecule has 8 heteroatoms. The Morgan fingerprint density at radius 3 is 2.48 bits per heavy atom. The summed E-state index contributed by atoms with van der Waals surface area (Å²) in [5, 5.41) is 13.4. The highest BCUT2D eigenvalue weighted by atomic mass is 79.9. The van der Waals surface area contributed by atoms with Crippen LogP contribution in [0, 0.1) is 10.1 Å². The number of rotatable bonds is 6. The van der Waals surface area contributed by atoms with Crippen molar-refractivity contribution in [3.63, 3.8) is 0 Å². The fourth-order valence-corrected chi connectivity index (χ4v) is 2.59. The highest BCUT2D eigenvalue weighted by molar-refractivity contribution is 9.10. The van der Waals surface area contributed by atoms with Gasteiger partial charge in [-0.3, -0.25) is 14.9 Å². The molecule has 0 radical (unpaired) electrons. The minimum Gasteiger partial charge on any atom is -0.496 e. The summed E-state index contributed by atoms with van der Waals surface area (Å²) >= 11 is 3.37. The van der Waals surface area contributed by atoms with Crippen molar-refractivity contribution in [3.05, 3.63) is 62.6 Å². The number of benzene rings is 2. The third-order valence-corrected chi connectivity index (χ3v) is 3.88. The average molecular weight is 407 g/mol. The van der Waals surface area contributed by atoms with Crippen LogP contribution in [0.15, 0.2) is 46.9 Å². The van der Waals surface area contributed by atoms with E-state index >= 15 is 0 Å². The Bertz CT molecular complexity index is 836. The lowest BCUT2D eigenvalue weighted by atomic mass is 10.2. The molecule has 0 fully saturated rings. The molecule has 1 amide bonds. The zero-order valence-electron chi connectivity index (χ0n) is 13.5. The quantitative estimate of drug-likeness (QED) is 0.444. The molecule has 2 aromatic carbocycles. The molecular formula is C17H15BrN2O5. The van der Waals surface area contributed by atoms with Crippen LogP contribution >= 0.6 is 15.9 Å². The standard InChI is InChI=1S/C17H15BrN2O5/c1-24-15-7-3-11(9-13(15)18)4-8-17(21)19-14-6-5-12(20(22)23)10-16(14)25-2/h3-10H,1-2H3,(H,19,21)/b8-4+. The van der Waals surface area contributed by atoms with Gasteiger partial charge >= 0.3 is 0 Å². The van der Waals surface area contributed by atoms with Gasteiger partial charge in [-0.2, -0.15) is 0 Å². The monoisotopic (exact) mass is 406 g/mol. The van der Waals surface area contributed by atoms with Crippen molar-refractivity contribution < 1.29 is 19.2 Å². The van der Waals surface area contributed by atoms with Gasteiger partial charge in [0.1, 0.15) is 11.5 Å². The third-order valence-electron chi connectivity index (χ3n) is 3.26. The molecule has 0 aliphatic heterocycles. The second kappa shape index (κ2) is 8.29. The van der Waals surface area contributed by atoms with E-state index in [2.05, 4.69) is 21.2 Å². The number of amides is 1. The molecule has 0 heterocycles. The number of hydrogen-bond acceptors (Lipinski definition) is 5. The summed E-state index contributed by atoms with van der Waals surface area (Å²) in [5.41, 5.74) is 1.03. The molecule has 0 aliphatic carbocycles. The predicted molar refractivity (Wildman–Crippen MR) is 98.0 cm³/mol. The third kappa shape index (κ3) is 4.80. The number of methoxy groups -OCH3 is 2. The maximum atomic E-state index is 12.1.